The minimum atomic E-state index is 1.07. The molecule has 19 rings (SSSR count). The Labute approximate surface area is 630 Å². The first kappa shape index (κ1) is 65.6. The van der Waals surface area contributed by atoms with Gasteiger partial charge in [-0.3, -0.25) is 0 Å². The van der Waals surface area contributed by atoms with Crippen molar-refractivity contribution in [3.63, 3.8) is 0 Å². The Kier molecular flexibility index (Phi) is 18.0. The van der Waals surface area contributed by atoms with Gasteiger partial charge in [0.05, 0.1) is 22.1 Å². The Morgan fingerprint density at radius 2 is 0.352 bits per heavy atom. The monoisotopic (exact) mass is 1380 g/mol. The molecule has 0 radical (unpaired) electrons. The zero-order valence-corrected chi connectivity index (χ0v) is 59.4. The van der Waals surface area contributed by atoms with Crippen molar-refractivity contribution in [2.75, 3.05) is 19.6 Å². The molecule has 0 spiro atoms. The molecule has 108 heavy (non-hydrogen) atoms. The van der Waals surface area contributed by atoms with Crippen LogP contribution in [0.5, 0.6) is 0 Å². The maximum atomic E-state index is 2.38. The van der Waals surface area contributed by atoms with Crippen molar-refractivity contribution in [3.05, 3.63) is 449 Å². The normalized spacial score (nSPS) is 11.1. The highest BCUT2D eigenvalue weighted by molar-refractivity contribution is 6.11. The lowest BCUT2D eigenvalue weighted by Crippen LogP contribution is -2.13. The number of nitrogens with zero attached hydrogens (tertiary/aromatic N) is 6. The third kappa shape index (κ3) is 13.1. The molecule has 6 heteroatoms. The topological polar surface area (TPSA) is 22.8 Å². The van der Waals surface area contributed by atoms with E-state index in [0.29, 0.717) is 0 Å². The zero-order chi connectivity index (χ0) is 72.0. The van der Waals surface area contributed by atoms with Gasteiger partial charge >= 0.3 is 0 Å². The third-order valence-electron chi connectivity index (χ3n) is 20.2. The summed E-state index contributed by atoms with van der Waals surface area (Å²) in [5.41, 5.74) is 27.2. The summed E-state index contributed by atoms with van der Waals surface area (Å²) in [6.45, 7) is 0. The Morgan fingerprint density at radius 3 is 0.704 bits per heavy atom. The van der Waals surface area contributed by atoms with Crippen molar-refractivity contribution >= 4 is 112 Å². The molecule has 0 atom stereocenters. The maximum absolute atomic E-state index is 2.38. The SMILES string of the molecule is c1ccc(-c2ccc(N(c3ccccc3)c3cccc(N(c4ccccc4)c4cccc(-c5ccc6c7ccccc7n(-c7ccccc7)c6c5)c4)c3)cc2)cc1.c1ccc(N(c2ccccc2)c2cccc(N(c3ccccc3)c3cccc(-c4ccc5c6ccccc6n(-c6ccccc6)c5c4)c3)c2)cc1. The van der Waals surface area contributed by atoms with Gasteiger partial charge in [-0.15, -0.1) is 0 Å². The molecule has 0 aliphatic rings. The standard InChI is InChI=1S/C54H39N3.C48H35N3/c1-5-17-40(18-6-1)41-31-34-47(35-32-41)55(44-20-7-2-8-21-44)49-27-16-28-50(39-49)56(45-22-9-3-10-23-45)48-26-15-19-42(37-48)43-33-36-52-51-29-13-14-30-53(51)57(54(52)38-43)46-24-11-4-12-25-46;1-5-18-38(19-6-1)49(39-20-7-2-8-21-39)43-27-16-28-44(35-43)50(40-22-9-3-10-23-40)42-26-15-17-36(33-42)37-31-32-46-45-29-13-14-30-47(45)51(48(46)34-37)41-24-11-4-12-25-41/h1-39H;1-35H. The van der Waals surface area contributed by atoms with E-state index in [-0.39, 0.29) is 0 Å². The number of fused-ring (bicyclic) bond motifs is 6. The number of aromatic nitrogens is 2. The van der Waals surface area contributed by atoms with Gasteiger partial charge in [-0.1, -0.05) is 267 Å². The highest BCUT2D eigenvalue weighted by atomic mass is 15.2. The molecular formula is C102H74N6. The second-order valence-corrected chi connectivity index (χ2v) is 26.9. The molecule has 0 N–H and O–H groups in total. The Morgan fingerprint density at radius 1 is 0.130 bits per heavy atom. The van der Waals surface area contributed by atoms with Crippen molar-refractivity contribution in [1.82, 2.24) is 9.13 Å². The smallest absolute Gasteiger partial charge is 0.0547 e. The molecule has 0 saturated carbocycles. The van der Waals surface area contributed by atoms with E-state index in [9.17, 15) is 0 Å². The molecule has 0 bridgehead atoms. The number of anilines is 12. The average Bonchev–Trinajstić information content (AvgIpc) is 1.57. The van der Waals surface area contributed by atoms with Crippen LogP contribution in [0.3, 0.4) is 0 Å². The van der Waals surface area contributed by atoms with Crippen LogP contribution in [0, 0.1) is 0 Å². The second-order valence-electron chi connectivity index (χ2n) is 26.9. The zero-order valence-electron chi connectivity index (χ0n) is 59.4. The van der Waals surface area contributed by atoms with E-state index in [1.807, 2.05) is 0 Å². The average molecular weight is 1380 g/mol. The lowest BCUT2D eigenvalue weighted by atomic mass is 10.0. The van der Waals surface area contributed by atoms with E-state index in [2.05, 4.69) is 478 Å². The molecule has 0 fully saturated rings. The van der Waals surface area contributed by atoms with Gasteiger partial charge in [0, 0.05) is 101 Å². The second kappa shape index (κ2) is 29.7. The van der Waals surface area contributed by atoms with Crippen LogP contribution in [0.2, 0.25) is 0 Å². The first-order chi connectivity index (χ1) is 53.6. The van der Waals surface area contributed by atoms with Crippen LogP contribution in [0.15, 0.2) is 449 Å². The molecule has 2 heterocycles. The molecule has 0 aliphatic carbocycles. The van der Waals surface area contributed by atoms with E-state index >= 15 is 0 Å². The summed E-state index contributed by atoms with van der Waals surface area (Å²) >= 11 is 0. The fourth-order valence-electron chi connectivity index (χ4n) is 15.3. The van der Waals surface area contributed by atoms with Gasteiger partial charge in [-0.25, -0.2) is 0 Å². The third-order valence-corrected chi connectivity index (χ3v) is 20.2. The summed E-state index contributed by atoms with van der Waals surface area (Å²) in [4.78, 5) is 9.35. The van der Waals surface area contributed by atoms with E-state index in [1.165, 1.54) is 65.9 Å². The number of hydrogen-bond acceptors (Lipinski definition) is 4. The summed E-state index contributed by atoms with van der Waals surface area (Å²) in [5, 5.41) is 5.00. The predicted octanol–water partition coefficient (Wildman–Crippen LogP) is 28.4. The summed E-state index contributed by atoms with van der Waals surface area (Å²) in [5.74, 6) is 0. The molecule has 2 aromatic heterocycles. The number of para-hydroxylation sites is 9. The van der Waals surface area contributed by atoms with Gasteiger partial charge in [0.2, 0.25) is 0 Å². The van der Waals surface area contributed by atoms with Crippen molar-refractivity contribution in [2.45, 2.75) is 0 Å². The first-order valence-corrected chi connectivity index (χ1v) is 36.8. The van der Waals surface area contributed by atoms with Crippen molar-refractivity contribution in [3.8, 4) is 44.8 Å². The van der Waals surface area contributed by atoms with Gasteiger partial charge in [0.25, 0.3) is 0 Å². The summed E-state index contributed by atoms with van der Waals surface area (Å²) in [7, 11) is 0. The quantitative estimate of drug-likeness (QED) is 0.0906. The Balaban J connectivity index is 0.000000153. The summed E-state index contributed by atoms with van der Waals surface area (Å²) in [6.07, 6.45) is 0. The highest BCUT2D eigenvalue weighted by Crippen LogP contribution is 2.46. The van der Waals surface area contributed by atoms with Crippen LogP contribution in [0.25, 0.3) is 88.4 Å². The minimum absolute atomic E-state index is 1.07. The van der Waals surface area contributed by atoms with E-state index in [0.717, 1.165) is 90.8 Å². The first-order valence-electron chi connectivity index (χ1n) is 36.8. The van der Waals surface area contributed by atoms with Gasteiger partial charge < -0.3 is 28.7 Å². The van der Waals surface area contributed by atoms with Crippen molar-refractivity contribution < 1.29 is 0 Å². The fourth-order valence-corrected chi connectivity index (χ4v) is 15.3. The lowest BCUT2D eigenvalue weighted by Gasteiger charge is -2.29. The van der Waals surface area contributed by atoms with Gasteiger partial charge in [-0.05, 0) is 215 Å². The molecule has 6 nitrogen and oxygen atoms in total. The Bertz CT molecular complexity index is 6250. The number of rotatable bonds is 17. The lowest BCUT2D eigenvalue weighted by molar-refractivity contribution is 1.18. The predicted molar refractivity (Wildman–Crippen MR) is 457 cm³/mol. The van der Waals surface area contributed by atoms with Crippen LogP contribution >= 0.6 is 0 Å². The van der Waals surface area contributed by atoms with Gasteiger partial charge in [0.15, 0.2) is 0 Å². The van der Waals surface area contributed by atoms with Crippen molar-refractivity contribution in [1.29, 1.82) is 0 Å². The van der Waals surface area contributed by atoms with E-state index < -0.39 is 0 Å². The molecular weight excluding hydrogens is 1310 g/mol. The fraction of sp³-hybridized carbons (Fsp3) is 0. The van der Waals surface area contributed by atoms with Crippen LogP contribution in [0.4, 0.5) is 68.2 Å². The summed E-state index contributed by atoms with van der Waals surface area (Å²) in [6, 6.07) is 160. The molecule has 19 aromatic rings. The van der Waals surface area contributed by atoms with Crippen LogP contribution < -0.4 is 19.6 Å². The molecule has 0 unspecified atom stereocenters. The number of benzene rings is 17. The largest absolute Gasteiger partial charge is 0.310 e. The highest BCUT2D eigenvalue weighted by Gasteiger charge is 2.22. The Hall–Kier alpha value is -14.5. The summed E-state index contributed by atoms with van der Waals surface area (Å²) < 4.78 is 4.76. The van der Waals surface area contributed by atoms with Crippen LogP contribution in [0.1, 0.15) is 0 Å². The maximum Gasteiger partial charge on any atom is 0.0547 e. The van der Waals surface area contributed by atoms with Gasteiger partial charge in [0.1, 0.15) is 0 Å². The number of hydrogen-bond donors (Lipinski definition) is 0. The van der Waals surface area contributed by atoms with Crippen molar-refractivity contribution in [2.24, 2.45) is 0 Å². The molecule has 512 valence electrons. The molecule has 0 amide bonds. The van der Waals surface area contributed by atoms with E-state index in [4.69, 9.17) is 0 Å². The van der Waals surface area contributed by atoms with Crippen LogP contribution in [-0.4, -0.2) is 9.13 Å². The minimum Gasteiger partial charge on any atom is -0.310 e. The van der Waals surface area contributed by atoms with E-state index in [1.54, 1.807) is 0 Å². The van der Waals surface area contributed by atoms with Gasteiger partial charge in [-0.2, -0.15) is 0 Å². The molecule has 0 saturated heterocycles. The molecule has 0 aliphatic heterocycles. The van der Waals surface area contributed by atoms with Crippen LogP contribution in [-0.2, 0) is 0 Å². The molecule has 17 aromatic carbocycles.